The molecule has 0 unspecified atom stereocenters. The molecule has 0 fully saturated rings. The van der Waals surface area contributed by atoms with Crippen LogP contribution in [0.4, 0.5) is 0 Å². The van der Waals surface area contributed by atoms with Crippen LogP contribution in [0.3, 0.4) is 0 Å². The van der Waals surface area contributed by atoms with Gasteiger partial charge >= 0.3 is 51.4 Å². The van der Waals surface area contributed by atoms with E-state index in [0.29, 0.717) is 5.65 Å². The molecule has 8 heteroatoms. The van der Waals surface area contributed by atoms with Crippen LogP contribution in [0.2, 0.25) is 0 Å². The van der Waals surface area contributed by atoms with Crippen LogP contribution in [-0.2, 0) is 4.74 Å². The van der Waals surface area contributed by atoms with Crippen LogP contribution in [-0.4, -0.2) is 37.3 Å². The summed E-state index contributed by atoms with van der Waals surface area (Å²) in [4.78, 5) is 11.5. The minimum absolute atomic E-state index is 0. The molecule has 2 aromatic rings. The van der Waals surface area contributed by atoms with Gasteiger partial charge < -0.3 is 14.9 Å². The molecule has 0 radical (unpaired) electrons. The van der Waals surface area contributed by atoms with Crippen molar-refractivity contribution in [1.82, 2.24) is 19.5 Å². The molecule has 0 spiro atoms. The maximum absolute atomic E-state index is 11.4. The van der Waals surface area contributed by atoms with Gasteiger partial charge in [0.05, 0.1) is 12.9 Å². The van der Waals surface area contributed by atoms with Crippen molar-refractivity contribution in [3.63, 3.8) is 0 Å². The molecule has 0 aliphatic carbocycles. The predicted octanol–water partition coefficient (Wildman–Crippen LogP) is -3.65. The number of aliphatic hydroxyl groups excluding tert-OH is 1. The Morgan fingerprint density at radius 1 is 1.33 bits per heavy atom. The van der Waals surface area contributed by atoms with Crippen molar-refractivity contribution >= 4 is 11.2 Å². The van der Waals surface area contributed by atoms with Crippen LogP contribution in [0.25, 0.3) is 11.2 Å². The third-order valence-electron chi connectivity index (χ3n) is 2.58. The number of hydrogen-bond donors (Lipinski definition) is 1. The summed E-state index contributed by atoms with van der Waals surface area (Å²) >= 11 is 0. The van der Waals surface area contributed by atoms with E-state index >= 15 is 0 Å². The topological polar surface area (TPSA) is 96.1 Å². The Hall–Kier alpha value is -0.354. The summed E-state index contributed by atoms with van der Waals surface area (Å²) in [7, 11) is 0. The van der Waals surface area contributed by atoms with Gasteiger partial charge in [-0.3, -0.25) is 9.55 Å². The second-order valence-corrected chi connectivity index (χ2v) is 3.64. The first-order valence-corrected chi connectivity index (χ1v) is 5.09. The van der Waals surface area contributed by atoms with Gasteiger partial charge in [-0.2, -0.15) is 0 Å². The number of nitrogens with zero attached hydrogens (tertiary/aromatic N) is 4. The van der Waals surface area contributed by atoms with Crippen LogP contribution in [0.5, 0.6) is 5.88 Å². The fourth-order valence-electron chi connectivity index (χ4n) is 1.77. The van der Waals surface area contributed by atoms with E-state index < -0.39 is 12.1 Å². The third-order valence-corrected chi connectivity index (χ3v) is 2.58. The number of fused-ring (bicyclic) bond motifs is 1. The SMILES string of the molecule is [K+].[O-]c1ncnc2c1ncn2[C@H]1C=C[C@@H](CO)O1. The summed E-state index contributed by atoms with van der Waals surface area (Å²) in [5, 5.41) is 20.4. The van der Waals surface area contributed by atoms with E-state index in [0.717, 1.165) is 0 Å². The second kappa shape index (κ2) is 5.74. The Bertz CT molecular complexity index is 586. The number of ether oxygens (including phenoxy) is 1. The van der Waals surface area contributed by atoms with Crippen molar-refractivity contribution in [2.75, 3.05) is 6.61 Å². The van der Waals surface area contributed by atoms with Gasteiger partial charge in [0.25, 0.3) is 0 Å². The normalized spacial score (nSPS) is 22.3. The van der Waals surface area contributed by atoms with Crippen LogP contribution < -0.4 is 56.5 Å². The molecule has 3 rings (SSSR count). The standard InChI is InChI=1S/C10H10N4O3.K/c15-3-6-1-2-7(17-6)14-5-13-8-9(14)11-4-12-10(8)16;/h1-2,4-7,15H,3H2,(H,11,12,16);/q;+1/p-1/t6-,7+;/m0./s1. The third kappa shape index (κ3) is 2.37. The van der Waals surface area contributed by atoms with Gasteiger partial charge in [0, 0.05) is 5.88 Å². The van der Waals surface area contributed by atoms with Crippen molar-refractivity contribution < 1.29 is 66.3 Å². The number of imidazole rings is 1. The van der Waals surface area contributed by atoms with Crippen LogP contribution in [0.1, 0.15) is 6.23 Å². The molecule has 1 aliphatic rings. The number of aliphatic hydroxyl groups is 1. The summed E-state index contributed by atoms with van der Waals surface area (Å²) in [6, 6.07) is 0. The second-order valence-electron chi connectivity index (χ2n) is 3.64. The zero-order chi connectivity index (χ0) is 11.8. The van der Waals surface area contributed by atoms with Crippen molar-refractivity contribution in [2.45, 2.75) is 12.3 Å². The minimum Gasteiger partial charge on any atom is -0.857 e. The summed E-state index contributed by atoms with van der Waals surface area (Å²) in [5.41, 5.74) is 0.648. The molecule has 1 aliphatic heterocycles. The first-order valence-electron chi connectivity index (χ1n) is 5.09. The predicted molar refractivity (Wildman–Crippen MR) is 54.9 cm³/mol. The Balaban J connectivity index is 0.00000120. The maximum Gasteiger partial charge on any atom is 1.00 e. The van der Waals surface area contributed by atoms with E-state index in [9.17, 15) is 5.11 Å². The van der Waals surface area contributed by atoms with Crippen LogP contribution in [0.15, 0.2) is 24.8 Å². The van der Waals surface area contributed by atoms with E-state index in [1.807, 2.05) is 0 Å². The summed E-state index contributed by atoms with van der Waals surface area (Å²) in [6.45, 7) is -0.0819. The Kier molecular flexibility index (Phi) is 4.48. The number of rotatable bonds is 2. The molecule has 2 atom stereocenters. The van der Waals surface area contributed by atoms with Gasteiger partial charge in [-0.15, -0.1) is 0 Å². The molecule has 1 N–H and O–H groups in total. The molecule has 2 aromatic heterocycles. The average Bonchev–Trinajstić information content (AvgIpc) is 2.94. The molecular formula is C10H9KN4O3. The van der Waals surface area contributed by atoms with Crippen molar-refractivity contribution in [1.29, 1.82) is 0 Å². The van der Waals surface area contributed by atoms with Gasteiger partial charge in [0.15, 0.2) is 11.9 Å². The number of aromatic nitrogens is 4. The van der Waals surface area contributed by atoms with Crippen LogP contribution >= 0.6 is 0 Å². The molecule has 0 amide bonds. The molecule has 0 saturated heterocycles. The fourth-order valence-corrected chi connectivity index (χ4v) is 1.77. The Labute approximate surface area is 145 Å². The van der Waals surface area contributed by atoms with Gasteiger partial charge in [0.1, 0.15) is 17.9 Å². The van der Waals surface area contributed by atoms with Crippen molar-refractivity contribution in [2.24, 2.45) is 0 Å². The van der Waals surface area contributed by atoms with Gasteiger partial charge in [-0.25, -0.2) is 9.97 Å². The van der Waals surface area contributed by atoms with Crippen LogP contribution in [0, 0.1) is 0 Å². The van der Waals surface area contributed by atoms with Gasteiger partial charge in [-0.05, 0) is 6.08 Å². The quantitative estimate of drug-likeness (QED) is 0.447. The Morgan fingerprint density at radius 3 is 2.89 bits per heavy atom. The zero-order valence-electron chi connectivity index (χ0n) is 9.72. The van der Waals surface area contributed by atoms with Crippen molar-refractivity contribution in [3.05, 3.63) is 24.8 Å². The summed E-state index contributed by atoms with van der Waals surface area (Å²) < 4.78 is 7.13. The molecule has 88 valence electrons. The van der Waals surface area contributed by atoms with E-state index in [-0.39, 0.29) is 69.6 Å². The van der Waals surface area contributed by atoms with E-state index in [1.54, 1.807) is 16.7 Å². The molecule has 7 nitrogen and oxygen atoms in total. The summed E-state index contributed by atoms with van der Waals surface area (Å²) in [5.74, 6) is -0.408. The van der Waals surface area contributed by atoms with E-state index in [4.69, 9.17) is 9.84 Å². The monoisotopic (exact) mass is 272 g/mol. The molecule has 18 heavy (non-hydrogen) atoms. The molecule has 3 heterocycles. The maximum atomic E-state index is 11.4. The van der Waals surface area contributed by atoms with E-state index in [2.05, 4.69) is 15.0 Å². The number of hydrogen-bond acceptors (Lipinski definition) is 6. The first-order chi connectivity index (χ1) is 8.29. The Morgan fingerprint density at radius 2 is 2.17 bits per heavy atom. The van der Waals surface area contributed by atoms with E-state index in [1.165, 1.54) is 12.7 Å². The van der Waals surface area contributed by atoms with Crippen molar-refractivity contribution in [3.8, 4) is 5.88 Å². The summed E-state index contributed by atoms with van der Waals surface area (Å²) in [6.07, 6.45) is 5.50. The minimum atomic E-state index is -0.408. The zero-order valence-corrected chi connectivity index (χ0v) is 12.8. The smallest absolute Gasteiger partial charge is 0.857 e. The fraction of sp³-hybridized carbons (Fsp3) is 0.300. The molecular weight excluding hydrogens is 263 g/mol. The van der Waals surface area contributed by atoms with Gasteiger partial charge in [0.2, 0.25) is 0 Å². The average molecular weight is 272 g/mol. The first kappa shape index (κ1) is 14.1. The molecule has 0 saturated carbocycles. The van der Waals surface area contributed by atoms with Gasteiger partial charge in [-0.1, -0.05) is 6.08 Å². The molecule has 0 bridgehead atoms. The largest absolute Gasteiger partial charge is 1.00 e. The molecule has 0 aromatic carbocycles.